The SMILES string of the molecule is COc1ccc2c(O[C@@H]3C[C@H]4C(=O)C[C@]5(P(=O)(O)Cc6c(C)cccc6F)C[C@H]5CCCCCCC[C@H](CC(=O)OCC(C)(C)C)C(=O)N4C3)cc(-c3csc(NC(C)C)n3)nc2c1Cl. The summed E-state index contributed by atoms with van der Waals surface area (Å²) in [6, 6.07) is 9.04. The highest BCUT2D eigenvalue weighted by atomic mass is 35.5. The first kappa shape index (κ1) is 48.8. The molecule has 0 radical (unpaired) electrons. The van der Waals surface area contributed by atoms with Crippen molar-refractivity contribution >= 4 is 64.0 Å². The number of benzene rings is 2. The molecule has 7 rings (SSSR count). The summed E-state index contributed by atoms with van der Waals surface area (Å²) in [5, 5.41) is 5.54. The van der Waals surface area contributed by atoms with E-state index in [1.165, 1.54) is 29.4 Å². The van der Waals surface area contributed by atoms with Crippen LogP contribution in [0.25, 0.3) is 22.3 Å². The molecule has 2 saturated heterocycles. The number of carbonyl (C=O) groups excluding carboxylic acids is 3. The molecule has 2 aromatic heterocycles. The second-order valence-corrected chi connectivity index (χ2v) is 23.7. The molecule has 1 unspecified atom stereocenters. The Morgan fingerprint density at radius 1 is 1.08 bits per heavy atom. The largest absolute Gasteiger partial charge is 0.495 e. The number of ether oxygens (including phenoxy) is 3. The fourth-order valence-electron chi connectivity index (χ4n) is 9.49. The second kappa shape index (κ2) is 20.0. The highest BCUT2D eigenvalue weighted by molar-refractivity contribution is 7.59. The van der Waals surface area contributed by atoms with Crippen molar-refractivity contribution in [2.45, 2.75) is 142 Å². The number of anilines is 1. The number of pyridine rings is 1. The summed E-state index contributed by atoms with van der Waals surface area (Å²) in [6.07, 6.45) is 4.26. The Morgan fingerprint density at radius 3 is 2.52 bits per heavy atom. The maximum atomic E-state index is 15.2. The van der Waals surface area contributed by atoms with Crippen molar-refractivity contribution in [1.29, 1.82) is 0 Å². The van der Waals surface area contributed by atoms with E-state index in [0.717, 1.165) is 30.8 Å². The number of fused-ring (bicyclic) bond motifs is 3. The van der Waals surface area contributed by atoms with Gasteiger partial charge in [-0.15, -0.1) is 11.3 Å². The van der Waals surface area contributed by atoms with Crippen molar-refractivity contribution < 1.29 is 42.4 Å². The molecule has 4 heterocycles. The van der Waals surface area contributed by atoms with Gasteiger partial charge in [-0.2, -0.15) is 0 Å². The van der Waals surface area contributed by atoms with Gasteiger partial charge in [0.1, 0.15) is 34.1 Å². The summed E-state index contributed by atoms with van der Waals surface area (Å²) in [6.45, 7) is 11.9. The molecule has 1 amide bonds. The lowest BCUT2D eigenvalue weighted by Crippen LogP contribution is -2.45. The lowest BCUT2D eigenvalue weighted by Gasteiger charge is -2.30. The van der Waals surface area contributed by atoms with Crippen LogP contribution in [0.2, 0.25) is 5.02 Å². The first-order chi connectivity index (χ1) is 30.8. The number of hydrogen-bond acceptors (Lipinski definition) is 11. The molecule has 4 aromatic rings. The number of aryl methyl sites for hydroxylation is 1. The molecule has 65 heavy (non-hydrogen) atoms. The molecule has 352 valence electrons. The summed E-state index contributed by atoms with van der Waals surface area (Å²) < 4.78 is 48.1. The number of amides is 1. The van der Waals surface area contributed by atoms with Gasteiger partial charge in [-0.25, -0.2) is 14.4 Å². The number of thiazole rings is 1. The highest BCUT2D eigenvalue weighted by Gasteiger charge is 2.65. The minimum Gasteiger partial charge on any atom is -0.495 e. The molecule has 16 heteroatoms. The average molecular weight is 954 g/mol. The van der Waals surface area contributed by atoms with Crippen LogP contribution in [0.4, 0.5) is 9.52 Å². The average Bonchev–Trinajstić information content (AvgIpc) is 3.51. The van der Waals surface area contributed by atoms with Gasteiger partial charge in [0.2, 0.25) is 13.3 Å². The van der Waals surface area contributed by atoms with E-state index >= 15 is 9.18 Å². The van der Waals surface area contributed by atoms with Crippen molar-refractivity contribution in [2.75, 3.05) is 25.6 Å². The van der Waals surface area contributed by atoms with Gasteiger partial charge < -0.3 is 29.3 Å². The van der Waals surface area contributed by atoms with Gasteiger partial charge >= 0.3 is 5.97 Å². The molecule has 2 aliphatic heterocycles. The summed E-state index contributed by atoms with van der Waals surface area (Å²) in [7, 11) is -2.68. The van der Waals surface area contributed by atoms with Gasteiger partial charge in [-0.1, -0.05) is 76.6 Å². The van der Waals surface area contributed by atoms with Crippen LogP contribution in [0.5, 0.6) is 11.5 Å². The molecular formula is C49H63ClFN4O8PS. The Bertz CT molecular complexity index is 2440. The molecule has 3 fully saturated rings. The third-order valence-corrected chi connectivity index (χ3v) is 17.1. The molecule has 3 aliphatic rings. The van der Waals surface area contributed by atoms with Gasteiger partial charge in [0.25, 0.3) is 0 Å². The Morgan fingerprint density at radius 2 is 1.82 bits per heavy atom. The Kier molecular flexibility index (Phi) is 15.0. The highest BCUT2D eigenvalue weighted by Crippen LogP contribution is 2.75. The van der Waals surface area contributed by atoms with Crippen molar-refractivity contribution in [3.63, 3.8) is 0 Å². The van der Waals surface area contributed by atoms with Crippen LogP contribution in [0.15, 0.2) is 41.8 Å². The van der Waals surface area contributed by atoms with Gasteiger partial charge in [0.05, 0.1) is 55.3 Å². The number of esters is 1. The number of halogens is 2. The van der Waals surface area contributed by atoms with Crippen LogP contribution >= 0.6 is 30.3 Å². The van der Waals surface area contributed by atoms with E-state index in [4.69, 9.17) is 35.8 Å². The molecule has 0 bridgehead atoms. The number of rotatable bonds is 12. The summed E-state index contributed by atoms with van der Waals surface area (Å²) >= 11 is 8.34. The van der Waals surface area contributed by atoms with Gasteiger partial charge in [-0.3, -0.25) is 18.9 Å². The number of nitrogens with zero attached hydrogens (tertiary/aromatic N) is 3. The van der Waals surface area contributed by atoms with Crippen LogP contribution < -0.4 is 14.8 Å². The van der Waals surface area contributed by atoms with E-state index in [1.807, 2.05) is 40.0 Å². The first-order valence-corrected chi connectivity index (χ1v) is 26.0. The van der Waals surface area contributed by atoms with Crippen molar-refractivity contribution in [2.24, 2.45) is 17.3 Å². The van der Waals surface area contributed by atoms with Crippen molar-refractivity contribution in [3.05, 3.63) is 63.7 Å². The van der Waals surface area contributed by atoms with E-state index in [9.17, 15) is 19.0 Å². The van der Waals surface area contributed by atoms with Crippen LogP contribution in [0.1, 0.15) is 116 Å². The molecule has 12 nitrogen and oxygen atoms in total. The van der Waals surface area contributed by atoms with Crippen LogP contribution in [0, 0.1) is 30.0 Å². The van der Waals surface area contributed by atoms with E-state index in [0.29, 0.717) is 65.0 Å². The number of ketones is 1. The van der Waals surface area contributed by atoms with Crippen molar-refractivity contribution in [3.8, 4) is 22.9 Å². The van der Waals surface area contributed by atoms with Crippen LogP contribution in [0.3, 0.4) is 0 Å². The predicted molar refractivity (Wildman–Crippen MR) is 254 cm³/mol. The third-order valence-electron chi connectivity index (χ3n) is 13.1. The monoisotopic (exact) mass is 952 g/mol. The molecule has 1 saturated carbocycles. The quantitative estimate of drug-likeness (QED) is 0.103. The summed E-state index contributed by atoms with van der Waals surface area (Å²) in [5.41, 5.74) is 1.99. The zero-order chi connectivity index (χ0) is 46.8. The molecule has 0 spiro atoms. The Labute approximate surface area is 390 Å². The van der Waals surface area contributed by atoms with Crippen LogP contribution in [-0.2, 0) is 29.8 Å². The normalized spacial score (nSPS) is 24.1. The number of aromatic nitrogens is 2. The number of methoxy groups -OCH3 is 1. The first-order valence-electron chi connectivity index (χ1n) is 22.9. The molecule has 6 atom stereocenters. The standard InChI is InChI=1S/C49H63ClFN4O8PS/c1-29(2)52-47-54-38(27-65-47)37-22-42(34-18-19-41(61-7)44(50)45(34)53-37)63-33-21-39-40(56)24-49(64(59,60)26-35-30(3)14-13-17-36(35)51)23-32(49)16-12-10-8-9-11-15-31(46(58)55(39)25-33)20-43(57)62-28-48(4,5)6/h13-14,17-19,22,27,29,31-33,39H,8-12,15-16,20-21,23-26,28H2,1-7H3,(H,52,54)(H,59,60)/t31-,32-,33-,39+,49-/m1/s1. The van der Waals surface area contributed by atoms with Gasteiger partial charge in [-0.05, 0) is 75.1 Å². The maximum Gasteiger partial charge on any atom is 0.306 e. The van der Waals surface area contributed by atoms with Gasteiger partial charge in [0.15, 0.2) is 10.9 Å². The zero-order valence-corrected chi connectivity index (χ0v) is 41.1. The van der Waals surface area contributed by atoms with Crippen LogP contribution in [-0.4, -0.2) is 81.0 Å². The number of Topliss-reactive ketones (excluding diaryl/α,β-unsaturated/α-hetero) is 1. The fourth-order valence-corrected chi connectivity index (χ4v) is 13.4. The predicted octanol–water partition coefficient (Wildman–Crippen LogP) is 11.2. The van der Waals surface area contributed by atoms with E-state index in [1.54, 1.807) is 37.3 Å². The number of hydrogen-bond donors (Lipinski definition) is 2. The molecule has 2 N–H and O–H groups in total. The molecule has 1 aliphatic carbocycles. The topological polar surface area (TPSA) is 157 Å². The summed E-state index contributed by atoms with van der Waals surface area (Å²) in [5.74, 6) is -1.86. The number of carbonyl (C=O) groups is 3. The summed E-state index contributed by atoms with van der Waals surface area (Å²) in [4.78, 5) is 66.7. The van der Waals surface area contributed by atoms with E-state index < -0.39 is 42.4 Å². The lowest BCUT2D eigenvalue weighted by atomic mass is 9.94. The zero-order valence-electron chi connectivity index (χ0n) is 38.6. The van der Waals surface area contributed by atoms with E-state index in [-0.39, 0.29) is 78.2 Å². The Balaban J connectivity index is 1.25. The Hall–Kier alpha value is -4.10. The minimum atomic E-state index is -4.20. The fraction of sp³-hybridized carbons (Fsp3) is 0.571. The minimum absolute atomic E-state index is 0.0204. The molecular weight excluding hydrogens is 890 g/mol. The number of nitrogens with one attached hydrogen (secondary N) is 1. The smallest absolute Gasteiger partial charge is 0.306 e. The molecule has 2 aromatic carbocycles. The second-order valence-electron chi connectivity index (χ2n) is 19.8. The van der Waals surface area contributed by atoms with E-state index in [2.05, 4.69) is 5.32 Å². The third kappa shape index (κ3) is 11.2. The van der Waals surface area contributed by atoms with Crippen molar-refractivity contribution in [1.82, 2.24) is 14.9 Å². The van der Waals surface area contributed by atoms with Gasteiger partial charge in [0, 0.05) is 47.2 Å². The lowest BCUT2D eigenvalue weighted by molar-refractivity contribution is -0.152. The maximum absolute atomic E-state index is 15.2.